The first-order valence-corrected chi connectivity index (χ1v) is 12.9. The van der Waals surface area contributed by atoms with E-state index in [-0.39, 0.29) is 8.76 Å². The molecule has 0 radical (unpaired) electrons. The summed E-state index contributed by atoms with van der Waals surface area (Å²) in [5.41, 5.74) is 7.65. The summed E-state index contributed by atoms with van der Waals surface area (Å²) in [6, 6.07) is 17.7. The van der Waals surface area contributed by atoms with Gasteiger partial charge in [-0.2, -0.15) is 0 Å². The lowest BCUT2D eigenvalue weighted by molar-refractivity contribution is 0.0996. The normalized spacial score (nSPS) is 19.7. The number of aromatic nitrogens is 1. The molecule has 8 heteroatoms. The molecule has 5 rings (SSSR count). The monoisotopic (exact) mass is 520 g/mol. The number of para-hydroxylation sites is 2. The number of hydrogen-bond acceptors (Lipinski definition) is 6. The second-order valence-electron chi connectivity index (χ2n) is 9.93. The second-order valence-corrected chi connectivity index (χ2v) is 9.93. The number of nitrogens with two attached hydrogens (primary N) is 1. The maximum absolute atomic E-state index is 12.5. The zero-order valence-electron chi connectivity index (χ0n) is 22.4. The Morgan fingerprint density at radius 1 is 0.974 bits per heavy atom. The number of carbonyl (C=O) groups is 2. The number of fused-ring (bicyclic) bond motifs is 2. The number of nitrogens with zero attached hydrogens (tertiary/aromatic N) is 2. The van der Waals surface area contributed by atoms with Gasteiger partial charge in [0.1, 0.15) is 17.3 Å². The van der Waals surface area contributed by atoms with E-state index in [1.165, 1.54) is 25.7 Å². The van der Waals surface area contributed by atoms with E-state index >= 15 is 0 Å². The average Bonchev–Trinajstić information content (AvgIpc) is 3.19. The number of methoxy groups -OCH3 is 2. The van der Waals surface area contributed by atoms with Gasteiger partial charge in [0.25, 0.3) is 5.91 Å². The van der Waals surface area contributed by atoms with E-state index in [1.54, 1.807) is 45.5 Å². The number of hydrogen-bond donors (Lipinski definition) is 2. The molecule has 2 unspecified atom stereocenters. The third-order valence-corrected chi connectivity index (χ3v) is 7.37. The minimum absolute atomic E-state index is 0. The number of pyridine rings is 1. The lowest BCUT2D eigenvalue weighted by Crippen LogP contribution is -2.42. The number of ether oxygens (including phenoxy) is 2. The van der Waals surface area contributed by atoms with E-state index in [4.69, 9.17) is 15.2 Å². The zero-order chi connectivity index (χ0) is 27.2. The molecule has 2 aromatic carbocycles. The van der Waals surface area contributed by atoms with Crippen molar-refractivity contribution in [1.29, 1.82) is 0 Å². The van der Waals surface area contributed by atoms with Gasteiger partial charge in [-0.05, 0) is 74.9 Å². The molecule has 1 aromatic heterocycles. The molecule has 2 aliphatic rings. The van der Waals surface area contributed by atoms with Crippen LogP contribution in [0.1, 0.15) is 61.7 Å². The van der Waals surface area contributed by atoms with Crippen LogP contribution in [0, 0.1) is 12.8 Å². The van der Waals surface area contributed by atoms with Gasteiger partial charge in [-0.25, -0.2) is 4.98 Å². The standard InChI is InChI=1S/C21H25N3O2.C9H11NO2.2H2/c1-14-11-16-8-9-17(12-14)24(16)20-10-7-15(13-22-20)21(25)23-18-5-3-4-6-19(18)26-2;1-6-7(9(10)11)4-3-5-8(6)12-2;;/h3-7,10,13-14,16-17H,8-9,11-12H2,1-2H3,(H,23,25);3-5H,1-2H3,(H2,10,11);2*1H. The van der Waals surface area contributed by atoms with Gasteiger partial charge in [-0.15, -0.1) is 0 Å². The van der Waals surface area contributed by atoms with Crippen LogP contribution >= 0.6 is 0 Å². The Kier molecular flexibility index (Phi) is 8.51. The summed E-state index contributed by atoms with van der Waals surface area (Å²) in [6.07, 6.45) is 6.68. The van der Waals surface area contributed by atoms with Crippen molar-refractivity contribution in [3.8, 4) is 11.5 Å². The van der Waals surface area contributed by atoms with Gasteiger partial charge in [0, 0.05) is 32.3 Å². The third-order valence-electron chi connectivity index (χ3n) is 7.37. The lowest BCUT2D eigenvalue weighted by Gasteiger charge is -2.38. The number of carbonyl (C=O) groups excluding carboxylic acids is 2. The number of amides is 2. The molecule has 8 nitrogen and oxygen atoms in total. The molecule has 3 aromatic rings. The predicted octanol–water partition coefficient (Wildman–Crippen LogP) is 5.70. The van der Waals surface area contributed by atoms with Crippen molar-refractivity contribution in [2.45, 2.75) is 51.6 Å². The van der Waals surface area contributed by atoms with Crippen LogP contribution < -0.4 is 25.4 Å². The fourth-order valence-electron chi connectivity index (χ4n) is 5.54. The molecular formula is C30H40N4O4. The smallest absolute Gasteiger partial charge is 0.257 e. The van der Waals surface area contributed by atoms with Gasteiger partial charge in [0.2, 0.25) is 5.91 Å². The number of piperidine rings is 1. The highest BCUT2D eigenvalue weighted by Crippen LogP contribution is 2.40. The first-order valence-electron chi connectivity index (χ1n) is 12.9. The molecule has 0 spiro atoms. The van der Waals surface area contributed by atoms with Crippen molar-refractivity contribution in [2.24, 2.45) is 11.7 Å². The van der Waals surface area contributed by atoms with Crippen LogP contribution in [0.5, 0.6) is 11.5 Å². The van der Waals surface area contributed by atoms with Gasteiger partial charge in [0.15, 0.2) is 0 Å². The number of benzene rings is 2. The molecule has 2 fully saturated rings. The van der Waals surface area contributed by atoms with Crippen LogP contribution in [0.15, 0.2) is 60.8 Å². The van der Waals surface area contributed by atoms with Gasteiger partial charge < -0.3 is 25.4 Å². The van der Waals surface area contributed by atoms with Crippen molar-refractivity contribution in [2.75, 3.05) is 24.4 Å². The first kappa shape index (κ1) is 27.0. The van der Waals surface area contributed by atoms with Crippen molar-refractivity contribution in [3.63, 3.8) is 0 Å². The van der Waals surface area contributed by atoms with Gasteiger partial charge in [-0.3, -0.25) is 9.59 Å². The van der Waals surface area contributed by atoms with Crippen LogP contribution in [0.4, 0.5) is 11.5 Å². The first-order chi connectivity index (χ1) is 18.3. The van der Waals surface area contributed by atoms with Gasteiger partial charge in [-0.1, -0.05) is 25.1 Å². The fraction of sp³-hybridized carbons (Fsp3) is 0.367. The predicted molar refractivity (Wildman–Crippen MR) is 153 cm³/mol. The van der Waals surface area contributed by atoms with Crippen molar-refractivity contribution >= 4 is 23.3 Å². The summed E-state index contributed by atoms with van der Waals surface area (Å²) in [4.78, 5) is 30.5. The summed E-state index contributed by atoms with van der Waals surface area (Å²) in [7, 11) is 3.15. The highest BCUT2D eigenvalue weighted by atomic mass is 16.5. The Balaban J connectivity index is 0.000000342. The number of anilines is 2. The van der Waals surface area contributed by atoms with E-state index < -0.39 is 5.91 Å². The maximum Gasteiger partial charge on any atom is 0.257 e. The fourth-order valence-corrected chi connectivity index (χ4v) is 5.54. The molecule has 2 bridgehead atoms. The zero-order valence-corrected chi connectivity index (χ0v) is 22.4. The summed E-state index contributed by atoms with van der Waals surface area (Å²) in [5.74, 6) is 2.53. The minimum atomic E-state index is -0.425. The van der Waals surface area contributed by atoms with Crippen LogP contribution in [0.25, 0.3) is 0 Å². The third kappa shape index (κ3) is 5.90. The largest absolute Gasteiger partial charge is 0.496 e. The molecule has 204 valence electrons. The lowest BCUT2D eigenvalue weighted by atomic mass is 9.92. The van der Waals surface area contributed by atoms with E-state index in [1.807, 2.05) is 36.4 Å². The Morgan fingerprint density at radius 3 is 2.24 bits per heavy atom. The quantitative estimate of drug-likeness (QED) is 0.432. The van der Waals surface area contributed by atoms with Crippen molar-refractivity contribution in [3.05, 3.63) is 77.5 Å². The maximum atomic E-state index is 12.5. The summed E-state index contributed by atoms with van der Waals surface area (Å²) in [5, 5.41) is 2.89. The molecule has 2 atom stereocenters. The Morgan fingerprint density at radius 2 is 1.63 bits per heavy atom. The van der Waals surface area contributed by atoms with E-state index in [9.17, 15) is 9.59 Å². The summed E-state index contributed by atoms with van der Waals surface area (Å²) < 4.78 is 10.3. The molecule has 3 heterocycles. The molecule has 2 saturated heterocycles. The molecule has 2 aliphatic heterocycles. The van der Waals surface area contributed by atoms with Crippen molar-refractivity contribution < 1.29 is 21.9 Å². The number of nitrogens with one attached hydrogen (secondary N) is 1. The Labute approximate surface area is 227 Å². The van der Waals surface area contributed by atoms with Crippen LogP contribution in [-0.2, 0) is 0 Å². The topological polar surface area (TPSA) is 107 Å². The number of rotatable bonds is 6. The molecule has 0 aliphatic carbocycles. The van der Waals surface area contributed by atoms with Crippen LogP contribution in [-0.4, -0.2) is 43.1 Å². The average molecular weight is 521 g/mol. The molecular weight excluding hydrogens is 480 g/mol. The number of primary amides is 1. The van der Waals surface area contributed by atoms with Crippen molar-refractivity contribution in [1.82, 2.24) is 4.98 Å². The summed E-state index contributed by atoms with van der Waals surface area (Å²) >= 11 is 0. The van der Waals surface area contributed by atoms with E-state index in [0.29, 0.717) is 40.4 Å². The highest BCUT2D eigenvalue weighted by Gasteiger charge is 2.39. The Bertz CT molecular complexity index is 1270. The van der Waals surface area contributed by atoms with Crippen LogP contribution in [0.2, 0.25) is 0 Å². The van der Waals surface area contributed by atoms with Gasteiger partial charge >= 0.3 is 0 Å². The second kappa shape index (κ2) is 12.0. The Hall–Kier alpha value is -4.07. The molecule has 38 heavy (non-hydrogen) atoms. The molecule has 2 amide bonds. The van der Waals surface area contributed by atoms with Crippen LogP contribution in [0.3, 0.4) is 0 Å². The molecule has 0 saturated carbocycles. The summed E-state index contributed by atoms with van der Waals surface area (Å²) in [6.45, 7) is 4.15. The van der Waals surface area contributed by atoms with E-state index in [0.717, 1.165) is 17.3 Å². The highest BCUT2D eigenvalue weighted by molar-refractivity contribution is 6.04. The minimum Gasteiger partial charge on any atom is -0.496 e. The SMILES string of the molecule is COc1cccc(C(N)=O)c1C.COc1ccccc1NC(=O)c1ccc(N2C3CCC2CC(C)C3)nc1.[HH].[HH]. The molecule has 3 N–H and O–H groups in total. The van der Waals surface area contributed by atoms with Gasteiger partial charge in [0.05, 0.1) is 25.5 Å². The van der Waals surface area contributed by atoms with E-state index in [2.05, 4.69) is 22.1 Å².